The Labute approximate surface area is 113 Å². The summed E-state index contributed by atoms with van der Waals surface area (Å²) in [6, 6.07) is 1.55. The molecule has 0 radical (unpaired) electrons. The van der Waals surface area contributed by atoms with Crippen LogP contribution in [0.5, 0.6) is 11.5 Å². The topological polar surface area (TPSA) is 41.5 Å². The van der Waals surface area contributed by atoms with Crippen LogP contribution in [0.4, 0.5) is 0 Å². The third kappa shape index (κ3) is 2.73. The van der Waals surface area contributed by atoms with E-state index in [1.807, 2.05) is 6.92 Å². The zero-order valence-electron chi connectivity index (χ0n) is 10.9. The van der Waals surface area contributed by atoms with Crippen molar-refractivity contribution < 1.29 is 9.84 Å². The van der Waals surface area contributed by atoms with Gasteiger partial charge in [-0.15, -0.1) is 0 Å². The number of halogens is 1. The molecular weight excluding hydrogens is 250 g/mol. The van der Waals surface area contributed by atoms with Gasteiger partial charge in [0.1, 0.15) is 0 Å². The molecule has 18 heavy (non-hydrogen) atoms. The highest BCUT2D eigenvalue weighted by molar-refractivity contribution is 6.31. The molecule has 1 aliphatic rings. The second kappa shape index (κ2) is 5.81. The lowest BCUT2D eigenvalue weighted by molar-refractivity contribution is 0.349. The van der Waals surface area contributed by atoms with Crippen molar-refractivity contribution in [1.29, 1.82) is 0 Å². The van der Waals surface area contributed by atoms with Crippen molar-refractivity contribution in [2.24, 2.45) is 5.92 Å². The third-order valence-electron chi connectivity index (χ3n) is 3.68. The van der Waals surface area contributed by atoms with Crippen LogP contribution in [0.15, 0.2) is 6.07 Å². The van der Waals surface area contributed by atoms with Crippen molar-refractivity contribution in [2.75, 3.05) is 20.2 Å². The van der Waals surface area contributed by atoms with Crippen molar-refractivity contribution in [3.05, 3.63) is 22.2 Å². The Morgan fingerprint density at radius 1 is 1.56 bits per heavy atom. The molecule has 100 valence electrons. The molecule has 0 aromatic heterocycles. The summed E-state index contributed by atoms with van der Waals surface area (Å²) in [6.07, 6.45) is 3.32. The van der Waals surface area contributed by atoms with E-state index < -0.39 is 0 Å². The molecule has 1 fully saturated rings. The molecule has 0 bridgehead atoms. The highest BCUT2D eigenvalue weighted by Crippen LogP contribution is 2.38. The predicted octanol–water partition coefficient (Wildman–Crippen LogP) is 2.90. The summed E-state index contributed by atoms with van der Waals surface area (Å²) < 4.78 is 5.32. The van der Waals surface area contributed by atoms with Crippen molar-refractivity contribution in [3.63, 3.8) is 0 Å². The summed E-state index contributed by atoms with van der Waals surface area (Å²) in [6.45, 7) is 4.11. The zero-order chi connectivity index (χ0) is 13.1. The SMILES string of the molecule is COc1c(O)cc(Cl)c(C)c1CC1CCCNC1. The second-order valence-electron chi connectivity index (χ2n) is 4.93. The van der Waals surface area contributed by atoms with E-state index in [4.69, 9.17) is 16.3 Å². The minimum absolute atomic E-state index is 0.131. The average molecular weight is 270 g/mol. The first-order valence-electron chi connectivity index (χ1n) is 6.39. The normalized spacial score (nSPS) is 19.8. The standard InChI is InChI=1S/C14H20ClNO2/c1-9-11(6-10-4-3-5-16-8-10)14(18-2)13(17)7-12(9)15/h7,10,16-17H,3-6,8H2,1-2H3. The molecule has 2 N–H and O–H groups in total. The van der Waals surface area contributed by atoms with Crippen LogP contribution < -0.4 is 10.1 Å². The maximum atomic E-state index is 9.90. The summed E-state index contributed by atoms with van der Waals surface area (Å²) in [5, 5.41) is 13.9. The minimum atomic E-state index is 0.131. The summed E-state index contributed by atoms with van der Waals surface area (Å²) in [5.74, 6) is 1.29. The minimum Gasteiger partial charge on any atom is -0.504 e. The van der Waals surface area contributed by atoms with E-state index >= 15 is 0 Å². The van der Waals surface area contributed by atoms with Gasteiger partial charge in [-0.1, -0.05) is 11.6 Å². The Hall–Kier alpha value is -0.930. The van der Waals surface area contributed by atoms with Crippen LogP contribution in [-0.4, -0.2) is 25.3 Å². The Morgan fingerprint density at radius 3 is 2.94 bits per heavy atom. The Kier molecular flexibility index (Phi) is 4.36. The lowest BCUT2D eigenvalue weighted by Gasteiger charge is -2.24. The molecular formula is C14H20ClNO2. The number of aromatic hydroxyl groups is 1. The van der Waals surface area contributed by atoms with Crippen LogP contribution in [-0.2, 0) is 6.42 Å². The number of phenolic OH excluding ortho intramolecular Hbond substituents is 1. The molecule has 1 heterocycles. The molecule has 1 unspecified atom stereocenters. The third-order valence-corrected chi connectivity index (χ3v) is 4.07. The number of methoxy groups -OCH3 is 1. The van der Waals surface area contributed by atoms with Gasteiger partial charge in [-0.05, 0) is 50.8 Å². The highest BCUT2D eigenvalue weighted by Gasteiger charge is 2.20. The number of nitrogens with one attached hydrogen (secondary N) is 1. The molecule has 0 saturated carbocycles. The lowest BCUT2D eigenvalue weighted by atomic mass is 9.90. The molecule has 1 aromatic carbocycles. The molecule has 1 aromatic rings. The van der Waals surface area contributed by atoms with E-state index in [9.17, 15) is 5.11 Å². The number of rotatable bonds is 3. The van der Waals surface area contributed by atoms with Gasteiger partial charge < -0.3 is 15.2 Å². The van der Waals surface area contributed by atoms with E-state index in [0.29, 0.717) is 16.7 Å². The van der Waals surface area contributed by atoms with Crippen molar-refractivity contribution in [3.8, 4) is 11.5 Å². The Bertz CT molecular complexity index is 428. The van der Waals surface area contributed by atoms with Gasteiger partial charge in [0.25, 0.3) is 0 Å². The molecule has 0 spiro atoms. The number of piperidine rings is 1. The molecule has 2 rings (SSSR count). The fourth-order valence-corrected chi connectivity index (χ4v) is 2.84. The van der Waals surface area contributed by atoms with Crippen LogP contribution in [0.25, 0.3) is 0 Å². The van der Waals surface area contributed by atoms with Crippen LogP contribution in [0.3, 0.4) is 0 Å². The Balaban J connectivity index is 2.29. The van der Waals surface area contributed by atoms with Gasteiger partial charge in [0.05, 0.1) is 7.11 Å². The van der Waals surface area contributed by atoms with E-state index in [2.05, 4.69) is 5.32 Å². The van der Waals surface area contributed by atoms with Crippen molar-refractivity contribution in [2.45, 2.75) is 26.2 Å². The first kappa shape index (κ1) is 13.5. The van der Waals surface area contributed by atoms with Gasteiger partial charge in [0, 0.05) is 16.7 Å². The van der Waals surface area contributed by atoms with Crippen LogP contribution in [0.1, 0.15) is 24.0 Å². The molecule has 0 aliphatic carbocycles. The first-order valence-corrected chi connectivity index (χ1v) is 6.77. The largest absolute Gasteiger partial charge is 0.504 e. The number of benzene rings is 1. The number of phenols is 1. The molecule has 1 atom stereocenters. The van der Waals surface area contributed by atoms with E-state index in [-0.39, 0.29) is 5.75 Å². The molecule has 1 aliphatic heterocycles. The quantitative estimate of drug-likeness (QED) is 0.887. The monoisotopic (exact) mass is 269 g/mol. The second-order valence-corrected chi connectivity index (χ2v) is 5.34. The summed E-state index contributed by atoms with van der Waals surface area (Å²) in [7, 11) is 1.59. The fraction of sp³-hybridized carbons (Fsp3) is 0.571. The van der Waals surface area contributed by atoms with E-state index in [1.54, 1.807) is 13.2 Å². The van der Waals surface area contributed by atoms with Crippen LogP contribution in [0, 0.1) is 12.8 Å². The fourth-order valence-electron chi connectivity index (χ4n) is 2.62. The van der Waals surface area contributed by atoms with Gasteiger partial charge in [-0.25, -0.2) is 0 Å². The molecule has 1 saturated heterocycles. The number of hydrogen-bond acceptors (Lipinski definition) is 3. The van der Waals surface area contributed by atoms with Crippen molar-refractivity contribution in [1.82, 2.24) is 5.32 Å². The van der Waals surface area contributed by atoms with Gasteiger partial charge >= 0.3 is 0 Å². The zero-order valence-corrected chi connectivity index (χ0v) is 11.7. The Morgan fingerprint density at radius 2 is 2.33 bits per heavy atom. The summed E-state index contributed by atoms with van der Waals surface area (Å²) >= 11 is 6.13. The lowest BCUT2D eigenvalue weighted by Crippen LogP contribution is -2.31. The smallest absolute Gasteiger partial charge is 0.164 e. The summed E-state index contributed by atoms with van der Waals surface area (Å²) in [5.41, 5.74) is 2.05. The predicted molar refractivity (Wildman–Crippen MR) is 73.7 cm³/mol. The van der Waals surface area contributed by atoms with Gasteiger partial charge in [-0.2, -0.15) is 0 Å². The highest BCUT2D eigenvalue weighted by atomic mass is 35.5. The van der Waals surface area contributed by atoms with Gasteiger partial charge in [0.2, 0.25) is 0 Å². The van der Waals surface area contributed by atoms with E-state index in [1.165, 1.54) is 12.8 Å². The molecule has 0 amide bonds. The van der Waals surface area contributed by atoms with Crippen LogP contribution >= 0.6 is 11.6 Å². The number of hydrogen-bond donors (Lipinski definition) is 2. The average Bonchev–Trinajstić information content (AvgIpc) is 2.37. The van der Waals surface area contributed by atoms with Crippen molar-refractivity contribution >= 4 is 11.6 Å². The number of ether oxygens (including phenoxy) is 1. The molecule has 4 heteroatoms. The maximum absolute atomic E-state index is 9.90. The van der Waals surface area contributed by atoms with E-state index in [0.717, 1.165) is 30.6 Å². The van der Waals surface area contributed by atoms with Gasteiger partial charge in [-0.3, -0.25) is 0 Å². The first-order chi connectivity index (χ1) is 8.63. The maximum Gasteiger partial charge on any atom is 0.164 e. The van der Waals surface area contributed by atoms with Crippen LogP contribution in [0.2, 0.25) is 5.02 Å². The molecule has 3 nitrogen and oxygen atoms in total. The summed E-state index contributed by atoms with van der Waals surface area (Å²) in [4.78, 5) is 0. The van der Waals surface area contributed by atoms with Gasteiger partial charge in [0.15, 0.2) is 11.5 Å².